The number of thiophene rings is 4. The van der Waals surface area contributed by atoms with E-state index in [1.165, 1.54) is 123 Å². The maximum atomic E-state index is 13.1. The van der Waals surface area contributed by atoms with Gasteiger partial charge < -0.3 is 19.6 Å². The number of aryl methyl sites for hydroxylation is 11. The number of nitrogens with one attached hydrogen (secondary N) is 6. The summed E-state index contributed by atoms with van der Waals surface area (Å²) in [5.41, 5.74) is 23.0. The van der Waals surface area contributed by atoms with E-state index in [1.807, 2.05) is 248 Å². The predicted molar refractivity (Wildman–Crippen MR) is 595 cm³/mol. The molecule has 0 spiro atoms. The molecular weight excluding hydrogens is 1890 g/mol. The van der Waals surface area contributed by atoms with Crippen LogP contribution in [0.4, 0.5) is 34.4 Å². The van der Waals surface area contributed by atoms with Gasteiger partial charge in [0.2, 0.25) is 0 Å². The Morgan fingerprint density at radius 3 is 0.966 bits per heavy atom. The normalized spacial score (nSPS) is 13.6. The predicted octanol–water partition coefficient (Wildman–Crippen LogP) is 25.2. The van der Waals surface area contributed by atoms with Crippen molar-refractivity contribution in [2.75, 3.05) is 42.5 Å². The number of anilines is 6. The Bertz CT molecular complexity index is 6860. The van der Waals surface area contributed by atoms with Crippen LogP contribution in [-0.2, 0) is 93.5 Å². The highest BCUT2D eigenvalue weighted by Crippen LogP contribution is 2.36. The summed E-state index contributed by atoms with van der Waals surface area (Å²) in [6, 6.07) is 68.7. The zero-order chi connectivity index (χ0) is 101. The molecule has 2 fully saturated rings. The molecule has 746 valence electrons. The number of carbonyl (C=O) groups excluding carboxylic acids is 6. The molecule has 2 saturated carbocycles. The van der Waals surface area contributed by atoms with Crippen LogP contribution in [0.3, 0.4) is 0 Å². The molecule has 28 heteroatoms. The molecule has 5 aliphatic rings. The van der Waals surface area contributed by atoms with Gasteiger partial charge in [-0.2, -0.15) is 30.6 Å². The van der Waals surface area contributed by atoms with Crippen LogP contribution in [0.2, 0.25) is 0 Å². The van der Waals surface area contributed by atoms with Crippen molar-refractivity contribution in [3.63, 3.8) is 0 Å². The van der Waals surface area contributed by atoms with E-state index in [0.29, 0.717) is 49.7 Å². The molecule has 10 heterocycles. The minimum absolute atomic E-state index is 0.0263. The SMILES string of the molecule is Cc1[nH]ncc1N(Cc1cccs1)C(=O)/C=C/c1ccc2c(c1)CCC2.Cc1n[nH]c(C)c1N(CC1CCCC1)C(=O)/C=C/c1ccc2c(c1)CCC2.Cc1n[nH]c(C)c1N(CC1CCCC1)C(=O)/C=C/c1ccccc1.O=C(/C=C/c1ccc2c(c1)CCC2)N(Cc1cccs1)c1ccn[nH]1.O=C(/C=C/c1ccccc1)N(Cc1cccs1)c1ccn[nH]1.O=C(/C=C/c1ccccc1)N(Cc1cccs1)c1cn[nH]c1. The van der Waals surface area contributed by atoms with E-state index in [0.717, 1.165) is 136 Å². The summed E-state index contributed by atoms with van der Waals surface area (Å²) in [5.74, 6) is 2.41. The van der Waals surface area contributed by atoms with Gasteiger partial charge in [-0.25, -0.2) is 0 Å². The number of aromatic nitrogens is 12. The average Bonchev–Trinajstić information content (AvgIpc) is 1.66. The number of nitrogens with zero attached hydrogens (tertiary/aromatic N) is 12. The first-order valence-electron chi connectivity index (χ1n) is 50.0. The summed E-state index contributed by atoms with van der Waals surface area (Å²) in [7, 11) is 0. The lowest BCUT2D eigenvalue weighted by atomic mass is 10.1. The molecule has 24 nitrogen and oxygen atoms in total. The van der Waals surface area contributed by atoms with Gasteiger partial charge in [0.15, 0.2) is 0 Å². The minimum atomic E-state index is -0.0819. The van der Waals surface area contributed by atoms with E-state index in [1.54, 1.807) is 138 Å². The number of H-pyrrole nitrogens is 6. The fraction of sp³-hybridized carbons (Fsp3) is 0.254. The lowest BCUT2D eigenvalue weighted by Gasteiger charge is -2.25. The number of hydrogen-bond donors (Lipinski definition) is 6. The Kier molecular flexibility index (Phi) is 37.4. The topological polar surface area (TPSA) is 294 Å². The van der Waals surface area contributed by atoms with Crippen LogP contribution in [0.15, 0.2) is 295 Å². The van der Waals surface area contributed by atoms with E-state index < -0.39 is 0 Å². The van der Waals surface area contributed by atoms with Crippen LogP contribution in [0.25, 0.3) is 36.5 Å². The maximum Gasteiger partial charge on any atom is 0.252 e. The fourth-order valence-corrected chi connectivity index (χ4v) is 21.6. The van der Waals surface area contributed by atoms with Gasteiger partial charge in [-0.05, 0) is 279 Å². The van der Waals surface area contributed by atoms with E-state index in [9.17, 15) is 28.8 Å². The molecule has 0 atom stereocenters. The second kappa shape index (κ2) is 52.8. The zero-order valence-corrected chi connectivity index (χ0v) is 86.4. The van der Waals surface area contributed by atoms with Gasteiger partial charge >= 0.3 is 0 Å². The molecular formula is C118H124N18O6S4. The number of aromatic amines is 6. The summed E-state index contributed by atoms with van der Waals surface area (Å²) in [5, 5.41) is 50.0. The summed E-state index contributed by atoms with van der Waals surface area (Å²) >= 11 is 6.55. The van der Waals surface area contributed by atoms with Gasteiger partial charge in [0.25, 0.3) is 35.4 Å². The van der Waals surface area contributed by atoms with Crippen LogP contribution >= 0.6 is 45.3 Å². The summed E-state index contributed by atoms with van der Waals surface area (Å²) in [4.78, 5) is 92.1. The molecule has 21 rings (SSSR count). The lowest BCUT2D eigenvalue weighted by molar-refractivity contribution is -0.115. The first kappa shape index (κ1) is 104. The van der Waals surface area contributed by atoms with E-state index in [4.69, 9.17) is 0 Å². The molecule has 0 radical (unpaired) electrons. The zero-order valence-electron chi connectivity index (χ0n) is 83.1. The van der Waals surface area contributed by atoms with Crippen molar-refractivity contribution in [2.45, 2.75) is 170 Å². The van der Waals surface area contributed by atoms with E-state index >= 15 is 0 Å². The van der Waals surface area contributed by atoms with Crippen LogP contribution in [0, 0.1) is 46.5 Å². The van der Waals surface area contributed by atoms with Gasteiger partial charge in [-0.15, -0.1) is 45.3 Å². The summed E-state index contributed by atoms with van der Waals surface area (Å²) < 4.78 is 0. The molecule has 0 unspecified atom stereocenters. The van der Waals surface area contributed by atoms with Crippen molar-refractivity contribution >= 4 is 152 Å². The highest BCUT2D eigenvalue weighted by atomic mass is 32.1. The number of hydrogen-bond acceptors (Lipinski definition) is 16. The van der Waals surface area contributed by atoms with Crippen LogP contribution in [0.5, 0.6) is 0 Å². The fourth-order valence-electron chi connectivity index (χ4n) is 18.9. The first-order chi connectivity index (χ1) is 71.4. The average molecular weight is 2020 g/mol. The third kappa shape index (κ3) is 29.5. The van der Waals surface area contributed by atoms with E-state index in [2.05, 4.69) is 116 Å². The maximum absolute atomic E-state index is 13.1. The third-order valence-electron chi connectivity index (χ3n) is 26.4. The Morgan fingerprint density at radius 1 is 0.315 bits per heavy atom. The Balaban J connectivity index is 0.000000126. The molecule has 6 amide bonds. The van der Waals surface area contributed by atoms with Crippen molar-refractivity contribution < 1.29 is 28.8 Å². The number of carbonyl (C=O) groups is 6. The van der Waals surface area contributed by atoms with Crippen LogP contribution in [0.1, 0.15) is 185 Å². The van der Waals surface area contributed by atoms with E-state index in [-0.39, 0.29) is 35.4 Å². The molecule has 10 aromatic heterocycles. The second-order valence-corrected chi connectivity index (χ2v) is 41.0. The van der Waals surface area contributed by atoms with Gasteiger partial charge in [0.05, 0.1) is 102 Å². The third-order valence-corrected chi connectivity index (χ3v) is 29.9. The van der Waals surface area contributed by atoms with Gasteiger partial charge in [-0.3, -0.25) is 69.2 Å². The number of fused-ring (bicyclic) bond motifs is 3. The number of benzene rings is 6. The van der Waals surface area contributed by atoms with Crippen LogP contribution < -0.4 is 29.4 Å². The molecule has 5 aliphatic carbocycles. The van der Waals surface area contributed by atoms with Gasteiger partial charge in [-0.1, -0.05) is 196 Å². The van der Waals surface area contributed by atoms with Crippen molar-refractivity contribution in [2.24, 2.45) is 11.8 Å². The Hall–Kier alpha value is -15.4. The molecule has 6 aromatic carbocycles. The quantitative estimate of drug-likeness (QED) is 0.0229. The molecule has 146 heavy (non-hydrogen) atoms. The van der Waals surface area contributed by atoms with Crippen molar-refractivity contribution in [3.8, 4) is 0 Å². The molecule has 0 bridgehead atoms. The Labute approximate surface area is 869 Å². The van der Waals surface area contributed by atoms with Crippen molar-refractivity contribution in [3.05, 3.63) is 410 Å². The molecule has 6 N–H and O–H groups in total. The minimum Gasteiger partial charge on any atom is -0.305 e. The van der Waals surface area contributed by atoms with Crippen molar-refractivity contribution in [1.82, 2.24) is 61.2 Å². The lowest BCUT2D eigenvalue weighted by Crippen LogP contribution is -2.34. The smallest absolute Gasteiger partial charge is 0.252 e. The first-order valence-corrected chi connectivity index (χ1v) is 53.5. The highest BCUT2D eigenvalue weighted by molar-refractivity contribution is 7.10. The van der Waals surface area contributed by atoms with Crippen molar-refractivity contribution in [1.29, 1.82) is 0 Å². The molecule has 0 aliphatic heterocycles. The summed E-state index contributed by atoms with van der Waals surface area (Å²) in [6.07, 6.45) is 50.2. The van der Waals surface area contributed by atoms with Gasteiger partial charge in [0, 0.05) is 87.4 Å². The summed E-state index contributed by atoms with van der Waals surface area (Å²) in [6.45, 7) is 13.5. The number of rotatable bonds is 30. The monoisotopic (exact) mass is 2020 g/mol. The van der Waals surface area contributed by atoms with Gasteiger partial charge in [0.1, 0.15) is 11.6 Å². The number of amides is 6. The molecule has 16 aromatic rings. The second-order valence-electron chi connectivity index (χ2n) is 36.9. The largest absolute Gasteiger partial charge is 0.305 e. The van der Waals surface area contributed by atoms with Crippen LogP contribution in [-0.4, -0.2) is 110 Å². The Morgan fingerprint density at radius 2 is 0.651 bits per heavy atom. The highest BCUT2D eigenvalue weighted by Gasteiger charge is 2.30. The standard InChI is InChI=1S/C23H29N3O.C21H21N3OS.C20H19N3OS.C20H25N3O.2C17H15N3OS/c1-16-23(17(2)25-24-16)26(15-19-6-3-4-7-19)22(27)13-11-18-10-12-20-8-5-9-21(20)14-18;1-15-20(13-22-23-15)24(14-19-6-3-11-26-19)21(25)10-8-16-7-9-17-4-2-5-18(17)12-16;24-20(9-7-15-6-8-16-3-1-4-17(16)13-15)23(19-10-11-21-22-19)14-18-5-2-12-25-18;1-15-20(16(2)22-21-15)23(14-18-10-6-7-11-18)19(24)13-12-17-8-4-3-5-9-17;21-17(9-8-14-5-2-1-3-6-14)20(16-10-11-18-19-16)13-15-7-4-12-22-15;21-17(9-8-14-5-2-1-3-6-14)20(15-11-18-19-12-15)13-16-7-4-10-22-16/h10-14,19H,3-9,15H2,1-2H3,(H,24,25);3,6-13H,2,4-5,14H2,1H3,(H,22,23);2,5-13H,1,3-4,14H2,(H,21,22);3-5,8-9,12-13,18H,6-7,10-11,14H2,1-2H3,(H,21,22);2*1-12H,13H2,(H,18,19)/b13-11+;10-8+;9-7+;13-12+;2*9-8+. The molecule has 0 saturated heterocycles.